The number of benzene rings is 1. The first-order valence-electron chi connectivity index (χ1n) is 6.17. The molecule has 0 atom stereocenters. The molecule has 0 aliphatic heterocycles. The molecule has 2 nitrogen and oxygen atoms in total. The van der Waals surface area contributed by atoms with E-state index in [1.807, 2.05) is 6.26 Å². The van der Waals surface area contributed by atoms with Crippen molar-refractivity contribution in [3.05, 3.63) is 29.6 Å². The minimum Gasteiger partial charge on any atom is -0.481 e. The number of hydrogen-bond donors (Lipinski definition) is 1. The number of thioether (sulfide) groups is 1. The fraction of sp³-hybridized carbons (Fsp3) is 0.500. The lowest BCUT2D eigenvalue weighted by molar-refractivity contribution is -0.145. The molecule has 0 radical (unpaired) electrons. The zero-order chi connectivity index (χ0) is 13.2. The first kappa shape index (κ1) is 13.4. The van der Waals surface area contributed by atoms with Gasteiger partial charge in [-0.05, 0) is 42.9 Å². The number of carbonyl (C=O) groups is 1. The molecule has 0 amide bonds. The summed E-state index contributed by atoms with van der Waals surface area (Å²) in [6, 6.07) is 4.49. The van der Waals surface area contributed by atoms with Gasteiger partial charge in [0.1, 0.15) is 5.82 Å². The van der Waals surface area contributed by atoms with E-state index in [2.05, 4.69) is 0 Å². The molecule has 1 aliphatic rings. The maximum atomic E-state index is 13.5. The normalized spacial score (nSPS) is 18.6. The minimum absolute atomic E-state index is 0.353. The van der Waals surface area contributed by atoms with Crippen LogP contribution < -0.4 is 0 Å². The molecule has 0 aromatic heterocycles. The predicted molar refractivity (Wildman–Crippen MR) is 70.6 cm³/mol. The van der Waals surface area contributed by atoms with E-state index in [1.54, 1.807) is 6.07 Å². The summed E-state index contributed by atoms with van der Waals surface area (Å²) in [5, 5.41) is 9.62. The van der Waals surface area contributed by atoms with Crippen LogP contribution in [0.1, 0.15) is 37.7 Å². The summed E-state index contributed by atoms with van der Waals surface area (Å²) < 4.78 is 13.5. The van der Waals surface area contributed by atoms with Crippen molar-refractivity contribution in [2.24, 2.45) is 0 Å². The van der Waals surface area contributed by atoms with Crippen LogP contribution in [0.3, 0.4) is 0 Å². The van der Waals surface area contributed by atoms with Crippen LogP contribution in [0.25, 0.3) is 0 Å². The highest BCUT2D eigenvalue weighted by atomic mass is 32.2. The third-order valence-electron chi connectivity index (χ3n) is 3.79. The number of carboxylic acid groups (broad SMARTS) is 1. The lowest BCUT2D eigenvalue weighted by Gasteiger charge is -2.34. The first-order chi connectivity index (χ1) is 8.60. The van der Waals surface area contributed by atoms with Crippen molar-refractivity contribution in [3.8, 4) is 0 Å². The van der Waals surface area contributed by atoms with Gasteiger partial charge in [0.2, 0.25) is 0 Å². The Kier molecular flexibility index (Phi) is 3.95. The molecule has 1 aliphatic carbocycles. The average Bonchev–Trinajstić information content (AvgIpc) is 2.39. The first-order valence-corrected chi connectivity index (χ1v) is 7.40. The van der Waals surface area contributed by atoms with Crippen molar-refractivity contribution in [2.75, 3.05) is 6.26 Å². The van der Waals surface area contributed by atoms with E-state index < -0.39 is 11.4 Å². The van der Waals surface area contributed by atoms with Crippen molar-refractivity contribution in [2.45, 2.75) is 42.4 Å². The quantitative estimate of drug-likeness (QED) is 0.846. The Hall–Kier alpha value is -1.03. The van der Waals surface area contributed by atoms with E-state index in [1.165, 1.54) is 23.9 Å². The highest BCUT2D eigenvalue weighted by Gasteiger charge is 2.42. The molecule has 0 spiro atoms. The van der Waals surface area contributed by atoms with Crippen molar-refractivity contribution < 1.29 is 14.3 Å². The van der Waals surface area contributed by atoms with Crippen LogP contribution >= 0.6 is 11.8 Å². The molecule has 18 heavy (non-hydrogen) atoms. The fourth-order valence-corrected chi connectivity index (χ4v) is 3.49. The summed E-state index contributed by atoms with van der Waals surface area (Å²) in [5.74, 6) is -1.17. The van der Waals surface area contributed by atoms with Gasteiger partial charge in [0.25, 0.3) is 0 Å². The molecule has 0 heterocycles. The smallest absolute Gasteiger partial charge is 0.314 e. The van der Waals surface area contributed by atoms with Gasteiger partial charge >= 0.3 is 5.97 Å². The predicted octanol–water partition coefficient (Wildman–Crippen LogP) is 3.83. The molecule has 1 saturated carbocycles. The number of hydrogen-bond acceptors (Lipinski definition) is 2. The molecule has 0 bridgehead atoms. The second-order valence-corrected chi connectivity index (χ2v) is 5.64. The minimum atomic E-state index is -0.890. The highest BCUT2D eigenvalue weighted by molar-refractivity contribution is 7.98. The molecule has 1 fully saturated rings. The number of aliphatic carboxylic acids is 1. The SMILES string of the molecule is CSc1ccc(F)cc1C1(C(=O)O)CCCCC1. The zero-order valence-electron chi connectivity index (χ0n) is 10.4. The van der Waals surface area contributed by atoms with Gasteiger partial charge in [-0.1, -0.05) is 19.3 Å². The molecular weight excluding hydrogens is 251 g/mol. The summed E-state index contributed by atoms with van der Waals surface area (Å²) in [6.45, 7) is 0. The Balaban J connectivity index is 2.54. The Morgan fingerprint density at radius 1 is 1.33 bits per heavy atom. The number of carboxylic acids is 1. The molecule has 0 unspecified atom stereocenters. The standard InChI is InChI=1S/C14H17FO2S/c1-18-12-6-5-10(15)9-11(12)14(13(16)17)7-3-2-4-8-14/h5-6,9H,2-4,7-8H2,1H3,(H,16,17). The van der Waals surface area contributed by atoms with Crippen LogP contribution in [-0.2, 0) is 10.2 Å². The van der Waals surface area contributed by atoms with Crippen LogP contribution in [-0.4, -0.2) is 17.3 Å². The Morgan fingerprint density at radius 3 is 2.56 bits per heavy atom. The van der Waals surface area contributed by atoms with Crippen LogP contribution in [0.4, 0.5) is 4.39 Å². The van der Waals surface area contributed by atoms with Gasteiger partial charge in [-0.3, -0.25) is 4.79 Å². The molecule has 1 N–H and O–H groups in total. The van der Waals surface area contributed by atoms with Gasteiger partial charge < -0.3 is 5.11 Å². The molecule has 2 rings (SSSR count). The van der Waals surface area contributed by atoms with Gasteiger partial charge in [-0.2, -0.15) is 0 Å². The van der Waals surface area contributed by atoms with E-state index >= 15 is 0 Å². The van der Waals surface area contributed by atoms with Crippen LogP contribution in [0.2, 0.25) is 0 Å². The third kappa shape index (κ3) is 2.26. The highest BCUT2D eigenvalue weighted by Crippen LogP contribution is 2.43. The van der Waals surface area contributed by atoms with Crippen molar-refractivity contribution in [1.29, 1.82) is 0 Å². The lowest BCUT2D eigenvalue weighted by atomic mass is 9.69. The third-order valence-corrected chi connectivity index (χ3v) is 4.59. The van der Waals surface area contributed by atoms with Gasteiger partial charge in [-0.15, -0.1) is 11.8 Å². The van der Waals surface area contributed by atoms with Gasteiger partial charge in [0.15, 0.2) is 0 Å². The molecule has 4 heteroatoms. The Labute approximate surface area is 111 Å². The van der Waals surface area contributed by atoms with Gasteiger partial charge in [-0.25, -0.2) is 4.39 Å². The van der Waals surface area contributed by atoms with E-state index in [-0.39, 0.29) is 5.82 Å². The maximum absolute atomic E-state index is 13.5. The van der Waals surface area contributed by atoms with Crippen LogP contribution in [0, 0.1) is 5.82 Å². The van der Waals surface area contributed by atoms with E-state index in [0.717, 1.165) is 24.2 Å². The molecule has 1 aromatic carbocycles. The monoisotopic (exact) mass is 268 g/mol. The van der Waals surface area contributed by atoms with Crippen LogP contribution in [0.15, 0.2) is 23.1 Å². The molecule has 0 saturated heterocycles. The Bertz CT molecular complexity index is 453. The summed E-state index contributed by atoms with van der Waals surface area (Å²) >= 11 is 1.48. The van der Waals surface area contributed by atoms with E-state index in [9.17, 15) is 14.3 Å². The maximum Gasteiger partial charge on any atom is 0.314 e. The summed E-state index contributed by atoms with van der Waals surface area (Å²) in [5.41, 5.74) is -0.235. The topological polar surface area (TPSA) is 37.3 Å². The van der Waals surface area contributed by atoms with Crippen LogP contribution in [0.5, 0.6) is 0 Å². The average molecular weight is 268 g/mol. The summed E-state index contributed by atoms with van der Waals surface area (Å²) in [6.07, 6.45) is 5.99. The summed E-state index contributed by atoms with van der Waals surface area (Å²) in [7, 11) is 0. The van der Waals surface area contributed by atoms with Crippen molar-refractivity contribution >= 4 is 17.7 Å². The fourth-order valence-electron chi connectivity index (χ4n) is 2.81. The van der Waals surface area contributed by atoms with E-state index in [0.29, 0.717) is 18.4 Å². The second kappa shape index (κ2) is 5.31. The second-order valence-electron chi connectivity index (χ2n) is 4.79. The molecule has 1 aromatic rings. The Morgan fingerprint density at radius 2 is 2.00 bits per heavy atom. The van der Waals surface area contributed by atoms with E-state index in [4.69, 9.17) is 0 Å². The van der Waals surface area contributed by atoms with Gasteiger partial charge in [0.05, 0.1) is 5.41 Å². The van der Waals surface area contributed by atoms with Crippen molar-refractivity contribution in [1.82, 2.24) is 0 Å². The largest absolute Gasteiger partial charge is 0.481 e. The van der Waals surface area contributed by atoms with Gasteiger partial charge in [0, 0.05) is 4.90 Å². The van der Waals surface area contributed by atoms with Crippen molar-refractivity contribution in [3.63, 3.8) is 0 Å². The zero-order valence-corrected chi connectivity index (χ0v) is 11.2. The lowest BCUT2D eigenvalue weighted by Crippen LogP contribution is -2.38. The molecule has 98 valence electrons. The molecular formula is C14H17FO2S. The number of rotatable bonds is 3. The summed E-state index contributed by atoms with van der Waals surface area (Å²) in [4.78, 5) is 12.6. The number of halogens is 1.